The van der Waals surface area contributed by atoms with Crippen LogP contribution in [0.25, 0.3) is 0 Å². The van der Waals surface area contributed by atoms with E-state index in [-0.39, 0.29) is 12.4 Å². The second-order valence-electron chi connectivity index (χ2n) is 4.66. The lowest BCUT2D eigenvalue weighted by atomic mass is 9.98. The Morgan fingerprint density at radius 2 is 2.07 bits per heavy atom. The van der Waals surface area contributed by atoms with E-state index in [1.54, 1.807) is 0 Å². The van der Waals surface area contributed by atoms with Gasteiger partial charge in [-0.15, -0.1) is 12.4 Å². The summed E-state index contributed by atoms with van der Waals surface area (Å²) in [6.07, 6.45) is 9.95. The molecule has 0 radical (unpaired) electrons. The first-order valence-corrected chi connectivity index (χ1v) is 5.61. The highest BCUT2D eigenvalue weighted by atomic mass is 35.5. The molecule has 0 aliphatic carbocycles. The molecular formula is C12H24ClN. The molecule has 84 valence electrons. The van der Waals surface area contributed by atoms with Crippen molar-refractivity contribution < 1.29 is 0 Å². The summed E-state index contributed by atoms with van der Waals surface area (Å²) >= 11 is 0. The molecule has 0 aromatic carbocycles. The van der Waals surface area contributed by atoms with Gasteiger partial charge in [-0.1, -0.05) is 32.4 Å². The first-order valence-electron chi connectivity index (χ1n) is 5.61. The van der Waals surface area contributed by atoms with E-state index in [0.717, 1.165) is 5.92 Å². The van der Waals surface area contributed by atoms with Gasteiger partial charge in [0, 0.05) is 12.1 Å². The van der Waals surface area contributed by atoms with Gasteiger partial charge in [-0.25, -0.2) is 0 Å². The van der Waals surface area contributed by atoms with Crippen molar-refractivity contribution in [3.05, 3.63) is 12.2 Å². The van der Waals surface area contributed by atoms with Crippen LogP contribution in [0.5, 0.6) is 0 Å². The molecule has 1 heterocycles. The van der Waals surface area contributed by atoms with Crippen LogP contribution in [0, 0.1) is 5.92 Å². The highest BCUT2D eigenvalue weighted by Gasteiger charge is 2.14. The molecule has 1 rings (SSSR count). The number of allylic oxidation sites excluding steroid dienone is 1. The Morgan fingerprint density at radius 1 is 1.36 bits per heavy atom. The van der Waals surface area contributed by atoms with Crippen LogP contribution in [0.3, 0.4) is 0 Å². The molecular weight excluding hydrogens is 194 g/mol. The number of hydrogen-bond acceptors (Lipinski definition) is 1. The summed E-state index contributed by atoms with van der Waals surface area (Å²) in [4.78, 5) is 0. The fourth-order valence-electron chi connectivity index (χ4n) is 1.84. The number of rotatable bonds is 3. The second-order valence-corrected chi connectivity index (χ2v) is 4.66. The van der Waals surface area contributed by atoms with E-state index in [1.807, 2.05) is 0 Å². The molecule has 2 atom stereocenters. The van der Waals surface area contributed by atoms with Crippen molar-refractivity contribution in [1.82, 2.24) is 5.32 Å². The van der Waals surface area contributed by atoms with Gasteiger partial charge in [0.25, 0.3) is 0 Å². The van der Waals surface area contributed by atoms with Gasteiger partial charge in [-0.2, -0.15) is 0 Å². The topological polar surface area (TPSA) is 12.0 Å². The third-order valence-electron chi connectivity index (χ3n) is 2.63. The van der Waals surface area contributed by atoms with E-state index in [2.05, 4.69) is 38.2 Å². The lowest BCUT2D eigenvalue weighted by Gasteiger charge is -2.26. The SMILES string of the molecule is CC(C)CC=C[C@H]1CCC[C@H](C)N1.Cl. The molecule has 0 aromatic rings. The van der Waals surface area contributed by atoms with Gasteiger partial charge in [-0.3, -0.25) is 0 Å². The van der Waals surface area contributed by atoms with Crippen molar-refractivity contribution in [3.8, 4) is 0 Å². The number of piperidine rings is 1. The summed E-state index contributed by atoms with van der Waals surface area (Å²) in [5, 5.41) is 3.60. The summed E-state index contributed by atoms with van der Waals surface area (Å²) in [7, 11) is 0. The van der Waals surface area contributed by atoms with Crippen molar-refractivity contribution >= 4 is 12.4 Å². The lowest BCUT2D eigenvalue weighted by Crippen LogP contribution is -2.39. The Morgan fingerprint density at radius 3 is 2.64 bits per heavy atom. The van der Waals surface area contributed by atoms with E-state index in [1.165, 1.54) is 25.7 Å². The maximum absolute atomic E-state index is 3.60. The maximum Gasteiger partial charge on any atom is 0.0252 e. The third kappa shape index (κ3) is 5.66. The van der Waals surface area contributed by atoms with Crippen LogP contribution in [0.1, 0.15) is 46.5 Å². The average molecular weight is 218 g/mol. The van der Waals surface area contributed by atoms with Gasteiger partial charge in [0.05, 0.1) is 0 Å². The fourth-order valence-corrected chi connectivity index (χ4v) is 1.84. The van der Waals surface area contributed by atoms with Gasteiger partial charge in [-0.05, 0) is 32.1 Å². The van der Waals surface area contributed by atoms with Crippen molar-refractivity contribution in [2.75, 3.05) is 0 Å². The van der Waals surface area contributed by atoms with E-state index in [9.17, 15) is 0 Å². The maximum atomic E-state index is 3.60. The molecule has 0 spiro atoms. The predicted octanol–water partition coefficient (Wildman–Crippen LogP) is 3.54. The standard InChI is InChI=1S/C12H23N.ClH/c1-10(2)6-4-8-12-9-5-7-11(3)13-12;/h4,8,10-13H,5-7,9H2,1-3H3;1H/t11-,12-;/m0./s1. The Labute approximate surface area is 94.8 Å². The van der Waals surface area contributed by atoms with Crippen LogP contribution >= 0.6 is 12.4 Å². The monoisotopic (exact) mass is 217 g/mol. The zero-order chi connectivity index (χ0) is 9.68. The molecule has 0 unspecified atom stereocenters. The Bertz CT molecular complexity index is 166. The molecule has 0 amide bonds. The number of halogens is 1. The minimum absolute atomic E-state index is 0. The lowest BCUT2D eigenvalue weighted by molar-refractivity contribution is 0.374. The summed E-state index contributed by atoms with van der Waals surface area (Å²) < 4.78 is 0. The van der Waals surface area contributed by atoms with E-state index in [0.29, 0.717) is 12.1 Å². The van der Waals surface area contributed by atoms with Crippen molar-refractivity contribution in [3.63, 3.8) is 0 Å². The van der Waals surface area contributed by atoms with Crippen LogP contribution in [-0.2, 0) is 0 Å². The number of hydrogen-bond donors (Lipinski definition) is 1. The van der Waals surface area contributed by atoms with Crippen molar-refractivity contribution in [1.29, 1.82) is 0 Å². The highest BCUT2D eigenvalue weighted by molar-refractivity contribution is 5.85. The van der Waals surface area contributed by atoms with Gasteiger partial charge in [0.15, 0.2) is 0 Å². The minimum Gasteiger partial charge on any atom is -0.308 e. The van der Waals surface area contributed by atoms with Crippen LogP contribution in [0.2, 0.25) is 0 Å². The highest BCUT2D eigenvalue weighted by Crippen LogP contribution is 2.13. The van der Waals surface area contributed by atoms with Crippen LogP contribution in [0.4, 0.5) is 0 Å². The first kappa shape index (κ1) is 14.0. The zero-order valence-electron chi connectivity index (χ0n) is 9.62. The summed E-state index contributed by atoms with van der Waals surface area (Å²) in [6, 6.07) is 1.35. The smallest absolute Gasteiger partial charge is 0.0252 e. The summed E-state index contributed by atoms with van der Waals surface area (Å²) in [6.45, 7) is 6.81. The molecule has 1 aliphatic heterocycles. The molecule has 14 heavy (non-hydrogen) atoms. The molecule has 1 fully saturated rings. The van der Waals surface area contributed by atoms with E-state index in [4.69, 9.17) is 0 Å². The van der Waals surface area contributed by atoms with Gasteiger partial charge in [0.1, 0.15) is 0 Å². The summed E-state index contributed by atoms with van der Waals surface area (Å²) in [5.74, 6) is 0.789. The third-order valence-corrected chi connectivity index (χ3v) is 2.63. The first-order chi connectivity index (χ1) is 6.18. The van der Waals surface area contributed by atoms with Crippen LogP contribution < -0.4 is 5.32 Å². The van der Waals surface area contributed by atoms with Crippen molar-refractivity contribution in [2.45, 2.75) is 58.5 Å². The van der Waals surface area contributed by atoms with Gasteiger partial charge in [0.2, 0.25) is 0 Å². The van der Waals surface area contributed by atoms with Crippen LogP contribution in [-0.4, -0.2) is 12.1 Å². The van der Waals surface area contributed by atoms with Gasteiger partial charge < -0.3 is 5.32 Å². The van der Waals surface area contributed by atoms with E-state index >= 15 is 0 Å². The second kappa shape index (κ2) is 7.30. The molecule has 1 aliphatic rings. The minimum atomic E-state index is 0. The molecule has 1 nitrogen and oxygen atoms in total. The van der Waals surface area contributed by atoms with E-state index < -0.39 is 0 Å². The van der Waals surface area contributed by atoms with Gasteiger partial charge >= 0.3 is 0 Å². The average Bonchev–Trinajstić information content (AvgIpc) is 2.03. The zero-order valence-corrected chi connectivity index (χ0v) is 10.4. The Kier molecular flexibility index (Phi) is 7.30. The Hall–Kier alpha value is -0.0100. The predicted molar refractivity (Wildman–Crippen MR) is 66.1 cm³/mol. The number of nitrogens with one attached hydrogen (secondary N) is 1. The normalized spacial score (nSPS) is 28.0. The quantitative estimate of drug-likeness (QED) is 0.714. The molecule has 0 bridgehead atoms. The molecule has 2 heteroatoms. The summed E-state index contributed by atoms with van der Waals surface area (Å²) in [5.41, 5.74) is 0. The van der Waals surface area contributed by atoms with Crippen LogP contribution in [0.15, 0.2) is 12.2 Å². The fraction of sp³-hybridized carbons (Fsp3) is 0.833. The molecule has 0 saturated carbocycles. The van der Waals surface area contributed by atoms with Crippen molar-refractivity contribution in [2.24, 2.45) is 5.92 Å². The largest absolute Gasteiger partial charge is 0.308 e. The Balaban J connectivity index is 0.00000169. The molecule has 0 aromatic heterocycles. The molecule has 1 N–H and O–H groups in total. The molecule has 1 saturated heterocycles.